The van der Waals surface area contributed by atoms with Crippen molar-refractivity contribution in [3.63, 3.8) is 0 Å². The Kier molecular flexibility index (Phi) is 5.65. The summed E-state index contributed by atoms with van der Waals surface area (Å²) in [6.07, 6.45) is 1.66. The predicted octanol–water partition coefficient (Wildman–Crippen LogP) is 3.38. The molecule has 0 aliphatic carbocycles. The van der Waals surface area contributed by atoms with Crippen molar-refractivity contribution >= 4 is 28.3 Å². The summed E-state index contributed by atoms with van der Waals surface area (Å²) in [5, 5.41) is 4.40. The lowest BCUT2D eigenvalue weighted by Crippen LogP contribution is -2.29. The van der Waals surface area contributed by atoms with E-state index in [-0.39, 0.29) is 22.9 Å². The predicted molar refractivity (Wildman–Crippen MR) is 94.3 cm³/mol. The van der Waals surface area contributed by atoms with Crippen LogP contribution in [0.15, 0.2) is 18.2 Å². The fourth-order valence-electron chi connectivity index (χ4n) is 3.05. The maximum Gasteiger partial charge on any atom is 0.202 e. The van der Waals surface area contributed by atoms with E-state index in [2.05, 4.69) is 19.6 Å². The highest BCUT2D eigenvalue weighted by atomic mass is 35.5. The van der Waals surface area contributed by atoms with E-state index in [1.165, 1.54) is 17.6 Å². The van der Waals surface area contributed by atoms with Gasteiger partial charge in [0, 0.05) is 37.6 Å². The van der Waals surface area contributed by atoms with Gasteiger partial charge in [0.1, 0.15) is 11.6 Å². The summed E-state index contributed by atoms with van der Waals surface area (Å²) in [4.78, 5) is 6.71. The van der Waals surface area contributed by atoms with Gasteiger partial charge in [-0.25, -0.2) is 9.37 Å². The summed E-state index contributed by atoms with van der Waals surface area (Å²) in [5.74, 6) is 0.399. The van der Waals surface area contributed by atoms with Crippen LogP contribution in [-0.2, 0) is 11.2 Å². The Labute approximate surface area is 150 Å². The highest BCUT2D eigenvalue weighted by Crippen LogP contribution is 2.34. The third-order valence-electron chi connectivity index (χ3n) is 4.24. The number of ether oxygens (including phenoxy) is 1. The molecule has 0 saturated carbocycles. The van der Waals surface area contributed by atoms with Crippen LogP contribution in [0.25, 0.3) is 0 Å². The van der Waals surface area contributed by atoms with Crippen LogP contribution in [0.5, 0.6) is 0 Å². The molecule has 0 bridgehead atoms. The van der Waals surface area contributed by atoms with Crippen molar-refractivity contribution in [2.75, 3.05) is 32.6 Å². The summed E-state index contributed by atoms with van der Waals surface area (Å²) in [7, 11) is 3.71. The van der Waals surface area contributed by atoms with Gasteiger partial charge < -0.3 is 10.1 Å². The maximum absolute atomic E-state index is 13.8. The van der Waals surface area contributed by atoms with Gasteiger partial charge >= 0.3 is 0 Å². The number of nitrogens with one attached hydrogen (secondary N) is 1. The number of likely N-dealkylation sites (tertiary alicyclic amines) is 1. The largest absolute Gasteiger partial charge is 0.384 e. The Bertz CT molecular complexity index is 698. The van der Waals surface area contributed by atoms with Crippen molar-refractivity contribution in [2.24, 2.45) is 0 Å². The van der Waals surface area contributed by atoms with Crippen molar-refractivity contribution < 1.29 is 9.13 Å². The smallest absolute Gasteiger partial charge is 0.202 e. The molecule has 1 aromatic heterocycles. The molecule has 2 aromatic rings. The average Bonchev–Trinajstić information content (AvgIpc) is 3.15. The van der Waals surface area contributed by atoms with Crippen molar-refractivity contribution in [1.29, 1.82) is 0 Å². The van der Waals surface area contributed by atoms with E-state index in [4.69, 9.17) is 16.3 Å². The van der Waals surface area contributed by atoms with Crippen LogP contribution in [0.3, 0.4) is 0 Å². The Morgan fingerprint density at radius 2 is 2.33 bits per heavy atom. The molecule has 2 atom stereocenters. The lowest BCUT2D eigenvalue weighted by molar-refractivity contribution is 0.201. The van der Waals surface area contributed by atoms with Crippen LogP contribution in [0.4, 0.5) is 9.52 Å². The molecular formula is C16H20ClFN4OS. The number of halogens is 2. The van der Waals surface area contributed by atoms with E-state index >= 15 is 0 Å². The molecule has 5 nitrogen and oxygen atoms in total. The first-order chi connectivity index (χ1) is 11.6. The highest BCUT2D eigenvalue weighted by molar-refractivity contribution is 7.09. The van der Waals surface area contributed by atoms with E-state index in [0.717, 1.165) is 29.5 Å². The van der Waals surface area contributed by atoms with Gasteiger partial charge in [-0.05, 0) is 31.2 Å². The Balaban J connectivity index is 1.74. The van der Waals surface area contributed by atoms with E-state index in [1.807, 2.05) is 13.1 Å². The van der Waals surface area contributed by atoms with E-state index < -0.39 is 0 Å². The molecule has 1 aromatic carbocycles. The van der Waals surface area contributed by atoms with Gasteiger partial charge in [-0.2, -0.15) is 4.37 Å². The molecule has 0 amide bonds. The third kappa shape index (κ3) is 3.85. The summed E-state index contributed by atoms with van der Waals surface area (Å²) < 4.78 is 23.2. The molecule has 1 saturated heterocycles. The molecule has 130 valence electrons. The zero-order chi connectivity index (χ0) is 17.1. The topological polar surface area (TPSA) is 50.3 Å². The van der Waals surface area contributed by atoms with Gasteiger partial charge in [0.2, 0.25) is 5.13 Å². The zero-order valence-electron chi connectivity index (χ0n) is 13.6. The van der Waals surface area contributed by atoms with Crippen LogP contribution in [0, 0.1) is 5.82 Å². The maximum atomic E-state index is 13.8. The van der Waals surface area contributed by atoms with Crippen LogP contribution in [0.1, 0.15) is 23.9 Å². The first-order valence-electron chi connectivity index (χ1n) is 7.81. The Morgan fingerprint density at radius 1 is 1.50 bits per heavy atom. The number of anilines is 1. The Hall–Kier alpha value is -1.28. The summed E-state index contributed by atoms with van der Waals surface area (Å²) in [6, 6.07) is 5.25. The second-order valence-corrected chi connectivity index (χ2v) is 7.06. The molecule has 3 rings (SSSR count). The van der Waals surface area contributed by atoms with Gasteiger partial charge in [0.15, 0.2) is 0 Å². The fourth-order valence-corrected chi connectivity index (χ4v) is 3.84. The molecule has 2 heterocycles. The van der Waals surface area contributed by atoms with Crippen molar-refractivity contribution in [3.05, 3.63) is 40.4 Å². The second kappa shape index (κ2) is 7.74. The number of benzene rings is 1. The molecule has 2 unspecified atom stereocenters. The molecule has 1 aliphatic heterocycles. The van der Waals surface area contributed by atoms with Crippen molar-refractivity contribution in [1.82, 2.24) is 14.3 Å². The first kappa shape index (κ1) is 17.5. The number of hydrogen-bond donors (Lipinski definition) is 1. The molecule has 0 spiro atoms. The Morgan fingerprint density at radius 3 is 3.08 bits per heavy atom. The van der Waals surface area contributed by atoms with Gasteiger partial charge in [0.05, 0.1) is 17.7 Å². The summed E-state index contributed by atoms with van der Waals surface area (Å²) >= 11 is 7.15. The number of rotatable bonds is 6. The van der Waals surface area contributed by atoms with Crippen molar-refractivity contribution in [3.8, 4) is 0 Å². The normalized spacial score (nSPS) is 21.3. The van der Waals surface area contributed by atoms with Crippen LogP contribution < -0.4 is 5.32 Å². The van der Waals surface area contributed by atoms with Crippen LogP contribution in [0.2, 0.25) is 5.02 Å². The molecule has 8 heteroatoms. The third-order valence-corrected chi connectivity index (χ3v) is 5.23. The minimum Gasteiger partial charge on any atom is -0.384 e. The minimum atomic E-state index is -0.383. The average molecular weight is 371 g/mol. The lowest BCUT2D eigenvalue weighted by Gasteiger charge is -2.26. The SMILES string of the molecule is COCCc1nsc(NC2CCN(C)C2c2ccc(Cl)c(F)c2)n1. The van der Waals surface area contributed by atoms with E-state index in [9.17, 15) is 4.39 Å². The monoisotopic (exact) mass is 370 g/mol. The summed E-state index contributed by atoms with van der Waals surface area (Å²) in [6.45, 7) is 1.54. The minimum absolute atomic E-state index is 0.0723. The highest BCUT2D eigenvalue weighted by Gasteiger charge is 2.34. The number of likely N-dealkylation sites (N-methyl/N-ethyl adjacent to an activating group) is 1. The zero-order valence-corrected chi connectivity index (χ0v) is 15.2. The van der Waals surface area contributed by atoms with E-state index in [1.54, 1.807) is 13.2 Å². The van der Waals surface area contributed by atoms with Crippen LogP contribution >= 0.6 is 23.1 Å². The fraction of sp³-hybridized carbons (Fsp3) is 0.500. The van der Waals surface area contributed by atoms with E-state index in [0.29, 0.717) is 13.0 Å². The van der Waals surface area contributed by atoms with Crippen molar-refractivity contribution in [2.45, 2.75) is 24.9 Å². The quantitative estimate of drug-likeness (QED) is 0.844. The molecule has 1 fully saturated rings. The molecule has 1 N–H and O–H groups in total. The first-order valence-corrected chi connectivity index (χ1v) is 8.97. The standard InChI is InChI=1S/C16H20ClFN4OS/c1-22-7-5-13(15(22)10-3-4-11(17)12(18)9-10)19-16-20-14(21-24-16)6-8-23-2/h3-4,9,13,15H,5-8H2,1-2H3,(H,19,20,21). The molecule has 24 heavy (non-hydrogen) atoms. The van der Waals surface area contributed by atoms with Gasteiger partial charge in [-0.3, -0.25) is 4.90 Å². The molecule has 0 radical (unpaired) electrons. The number of nitrogens with zero attached hydrogens (tertiary/aromatic N) is 3. The van der Waals surface area contributed by atoms with Crippen LogP contribution in [-0.4, -0.2) is 47.6 Å². The van der Waals surface area contributed by atoms with Gasteiger partial charge in [-0.15, -0.1) is 0 Å². The molecular weight excluding hydrogens is 351 g/mol. The number of hydrogen-bond acceptors (Lipinski definition) is 6. The van der Waals surface area contributed by atoms with Gasteiger partial charge in [-0.1, -0.05) is 17.7 Å². The lowest BCUT2D eigenvalue weighted by atomic mass is 10.0. The summed E-state index contributed by atoms with van der Waals surface area (Å²) in [5.41, 5.74) is 0.915. The second-order valence-electron chi connectivity index (χ2n) is 5.90. The van der Waals surface area contributed by atoms with Gasteiger partial charge in [0.25, 0.3) is 0 Å². The number of methoxy groups -OCH3 is 1. The number of aromatic nitrogens is 2. The molecule has 1 aliphatic rings.